The molecule has 0 bridgehead atoms. The van der Waals surface area contributed by atoms with Crippen LogP contribution in [0.2, 0.25) is 0 Å². The summed E-state index contributed by atoms with van der Waals surface area (Å²) in [4.78, 5) is 13.1. The third-order valence-corrected chi connectivity index (χ3v) is 3.58. The van der Waals surface area contributed by atoms with E-state index < -0.39 is 0 Å². The quantitative estimate of drug-likeness (QED) is 0.549. The van der Waals surface area contributed by atoms with Crippen molar-refractivity contribution in [1.82, 2.24) is 4.90 Å². The van der Waals surface area contributed by atoms with Crippen LogP contribution in [-0.4, -0.2) is 30.8 Å². The second-order valence-corrected chi connectivity index (χ2v) is 4.27. The van der Waals surface area contributed by atoms with Crippen LogP contribution in [0.25, 0.3) is 0 Å². The Bertz CT molecular complexity index is 181. The van der Waals surface area contributed by atoms with Gasteiger partial charge in [-0.25, -0.2) is 0 Å². The number of likely N-dealkylation sites (N-methyl/N-ethyl adjacent to an activating group) is 1. The van der Waals surface area contributed by atoms with E-state index in [-0.39, 0.29) is 6.04 Å². The van der Waals surface area contributed by atoms with E-state index in [1.807, 2.05) is 0 Å². The van der Waals surface area contributed by atoms with Crippen molar-refractivity contribution < 1.29 is 4.79 Å². The Morgan fingerprint density at radius 2 is 2.08 bits per heavy atom. The minimum absolute atomic E-state index is 0.232. The van der Waals surface area contributed by atoms with Gasteiger partial charge in [0.25, 0.3) is 0 Å². The van der Waals surface area contributed by atoms with Crippen molar-refractivity contribution in [3.05, 3.63) is 0 Å². The largest absolute Gasteiger partial charge is 0.302 e. The van der Waals surface area contributed by atoms with Crippen molar-refractivity contribution in [1.29, 1.82) is 0 Å². The molecule has 2 heteroatoms. The summed E-state index contributed by atoms with van der Waals surface area (Å²) in [7, 11) is 2.08. The molecule has 1 heterocycles. The number of rotatable bonds is 1. The Morgan fingerprint density at radius 3 is 2.83 bits per heavy atom. The summed E-state index contributed by atoms with van der Waals surface area (Å²) in [5, 5.41) is 0. The van der Waals surface area contributed by atoms with Gasteiger partial charge in [0.05, 0.1) is 6.04 Å². The number of fused-ring (bicyclic) bond motifs is 1. The van der Waals surface area contributed by atoms with Crippen LogP contribution in [0, 0.1) is 11.8 Å². The lowest BCUT2D eigenvalue weighted by molar-refractivity contribution is -0.112. The molecule has 1 aliphatic heterocycles. The summed E-state index contributed by atoms with van der Waals surface area (Å²) in [6.45, 7) is 1.15. The highest BCUT2D eigenvalue weighted by molar-refractivity contribution is 5.59. The number of likely N-dealkylation sites (tertiary alicyclic amines) is 1. The molecule has 1 aliphatic carbocycles. The third kappa shape index (κ3) is 1.18. The van der Waals surface area contributed by atoms with Gasteiger partial charge in [-0.05, 0) is 31.7 Å². The van der Waals surface area contributed by atoms with Crippen LogP contribution in [0.15, 0.2) is 0 Å². The maximum Gasteiger partial charge on any atom is 0.137 e. The normalized spacial score (nSPS) is 42.6. The number of nitrogens with zero attached hydrogens (tertiary/aromatic N) is 1. The zero-order valence-electron chi connectivity index (χ0n) is 7.70. The van der Waals surface area contributed by atoms with E-state index in [2.05, 4.69) is 11.9 Å². The minimum Gasteiger partial charge on any atom is -0.302 e. The van der Waals surface area contributed by atoms with E-state index in [1.165, 1.54) is 25.7 Å². The lowest BCUT2D eigenvalue weighted by Crippen LogP contribution is -2.31. The van der Waals surface area contributed by atoms with Crippen molar-refractivity contribution in [3.8, 4) is 0 Å². The molecule has 2 aliphatic rings. The van der Waals surface area contributed by atoms with Gasteiger partial charge in [0.2, 0.25) is 0 Å². The molecular formula is C10H17NO. The Morgan fingerprint density at radius 1 is 1.33 bits per heavy atom. The second kappa shape index (κ2) is 3.17. The summed E-state index contributed by atoms with van der Waals surface area (Å²) in [6.07, 6.45) is 6.48. The Hall–Kier alpha value is -0.370. The first kappa shape index (κ1) is 8.24. The Balaban J connectivity index is 2.10. The fourth-order valence-electron chi connectivity index (χ4n) is 2.94. The number of hydrogen-bond donors (Lipinski definition) is 0. The highest BCUT2D eigenvalue weighted by Gasteiger charge is 2.40. The second-order valence-electron chi connectivity index (χ2n) is 4.27. The summed E-state index contributed by atoms with van der Waals surface area (Å²) in [6, 6.07) is 0.232. The van der Waals surface area contributed by atoms with Gasteiger partial charge >= 0.3 is 0 Å². The molecule has 2 nitrogen and oxygen atoms in total. The minimum atomic E-state index is 0.232. The highest BCUT2D eigenvalue weighted by Crippen LogP contribution is 2.38. The molecule has 2 rings (SSSR count). The molecule has 0 radical (unpaired) electrons. The summed E-state index contributed by atoms with van der Waals surface area (Å²) < 4.78 is 0. The average Bonchev–Trinajstić information content (AvgIpc) is 2.40. The van der Waals surface area contributed by atoms with Crippen LogP contribution in [0.3, 0.4) is 0 Å². The molecular weight excluding hydrogens is 150 g/mol. The highest BCUT2D eigenvalue weighted by atomic mass is 16.1. The first-order valence-corrected chi connectivity index (χ1v) is 4.98. The number of aldehydes is 1. The predicted octanol–water partition coefficient (Wildman–Crippen LogP) is 1.31. The van der Waals surface area contributed by atoms with Gasteiger partial charge < -0.3 is 4.79 Å². The molecule has 0 amide bonds. The maximum absolute atomic E-state index is 10.8. The summed E-state index contributed by atoms with van der Waals surface area (Å²) in [5.41, 5.74) is 0. The lowest BCUT2D eigenvalue weighted by atomic mass is 9.79. The molecule has 1 saturated heterocycles. The van der Waals surface area contributed by atoms with Crippen molar-refractivity contribution >= 4 is 6.29 Å². The van der Waals surface area contributed by atoms with E-state index in [0.29, 0.717) is 5.92 Å². The molecule has 2 fully saturated rings. The van der Waals surface area contributed by atoms with Gasteiger partial charge in [0.1, 0.15) is 6.29 Å². The zero-order valence-corrected chi connectivity index (χ0v) is 7.70. The lowest BCUT2D eigenvalue weighted by Gasteiger charge is -2.26. The van der Waals surface area contributed by atoms with Gasteiger partial charge in [-0.15, -0.1) is 0 Å². The average molecular weight is 167 g/mol. The van der Waals surface area contributed by atoms with Crippen LogP contribution in [0.4, 0.5) is 0 Å². The maximum atomic E-state index is 10.8. The molecule has 68 valence electrons. The van der Waals surface area contributed by atoms with Crippen LogP contribution in [0.1, 0.15) is 25.7 Å². The molecule has 0 spiro atoms. The number of carbonyl (C=O) groups is 1. The fourth-order valence-corrected chi connectivity index (χ4v) is 2.94. The molecule has 12 heavy (non-hydrogen) atoms. The zero-order chi connectivity index (χ0) is 8.55. The molecule has 1 saturated carbocycles. The van der Waals surface area contributed by atoms with E-state index in [1.54, 1.807) is 0 Å². The molecule has 0 aromatic rings. The standard InChI is InChI=1S/C10H17NO/c1-11-6-8-4-2-3-5-9(8)10(11)7-12/h7-10H,2-6H2,1H3. The summed E-state index contributed by atoms with van der Waals surface area (Å²) in [5.74, 6) is 1.50. The first-order chi connectivity index (χ1) is 5.83. The topological polar surface area (TPSA) is 20.3 Å². The van der Waals surface area contributed by atoms with Crippen LogP contribution in [0.5, 0.6) is 0 Å². The van der Waals surface area contributed by atoms with Gasteiger partial charge in [-0.3, -0.25) is 4.90 Å². The first-order valence-electron chi connectivity index (χ1n) is 4.98. The van der Waals surface area contributed by atoms with Gasteiger partial charge in [0, 0.05) is 6.54 Å². The Kier molecular flexibility index (Phi) is 2.18. The van der Waals surface area contributed by atoms with Gasteiger partial charge in [-0.2, -0.15) is 0 Å². The SMILES string of the molecule is CN1CC2CCCCC2C1C=O. The molecule has 0 aromatic carbocycles. The van der Waals surface area contributed by atoms with Crippen molar-refractivity contribution in [2.45, 2.75) is 31.7 Å². The predicted molar refractivity (Wildman–Crippen MR) is 47.9 cm³/mol. The van der Waals surface area contributed by atoms with E-state index in [0.717, 1.165) is 18.7 Å². The third-order valence-electron chi connectivity index (χ3n) is 3.58. The number of carbonyl (C=O) groups excluding carboxylic acids is 1. The van der Waals surface area contributed by atoms with Gasteiger partial charge in [-0.1, -0.05) is 12.8 Å². The molecule has 3 atom stereocenters. The monoisotopic (exact) mass is 167 g/mol. The van der Waals surface area contributed by atoms with Crippen molar-refractivity contribution in [2.75, 3.05) is 13.6 Å². The molecule has 0 aromatic heterocycles. The van der Waals surface area contributed by atoms with Crippen LogP contribution >= 0.6 is 0 Å². The van der Waals surface area contributed by atoms with Crippen molar-refractivity contribution in [3.63, 3.8) is 0 Å². The van der Waals surface area contributed by atoms with E-state index >= 15 is 0 Å². The van der Waals surface area contributed by atoms with Crippen molar-refractivity contribution in [2.24, 2.45) is 11.8 Å². The molecule has 0 N–H and O–H groups in total. The van der Waals surface area contributed by atoms with Gasteiger partial charge in [0.15, 0.2) is 0 Å². The number of hydrogen-bond acceptors (Lipinski definition) is 2. The Labute approximate surface area is 73.9 Å². The van der Waals surface area contributed by atoms with E-state index in [4.69, 9.17) is 0 Å². The van der Waals surface area contributed by atoms with E-state index in [9.17, 15) is 4.79 Å². The van der Waals surface area contributed by atoms with Crippen LogP contribution in [-0.2, 0) is 4.79 Å². The fraction of sp³-hybridized carbons (Fsp3) is 0.900. The molecule has 3 unspecified atom stereocenters. The summed E-state index contributed by atoms with van der Waals surface area (Å²) >= 11 is 0. The van der Waals surface area contributed by atoms with Crippen LogP contribution < -0.4 is 0 Å². The smallest absolute Gasteiger partial charge is 0.137 e.